The molecule has 0 amide bonds. The first-order valence-corrected chi connectivity index (χ1v) is 5.49. The van der Waals surface area contributed by atoms with Gasteiger partial charge in [-0.15, -0.1) is 0 Å². The summed E-state index contributed by atoms with van der Waals surface area (Å²) in [6.45, 7) is 0. The Balaban J connectivity index is 2.71. The SMILES string of the molecule is Cn1c(-c2ccc(C#N)cc2)nc(C(=O)O)c(O)c1=O. The van der Waals surface area contributed by atoms with Gasteiger partial charge in [0, 0.05) is 12.6 Å². The molecule has 0 aliphatic heterocycles. The lowest BCUT2D eigenvalue weighted by Gasteiger charge is -2.09. The summed E-state index contributed by atoms with van der Waals surface area (Å²) in [6, 6.07) is 8.08. The standard InChI is InChI=1S/C13H9N3O4/c1-16-11(8-4-2-7(6-14)3-5-8)15-9(13(19)20)10(17)12(16)18/h2-5,17H,1H3,(H,19,20). The van der Waals surface area contributed by atoms with Crippen LogP contribution in [0.4, 0.5) is 0 Å². The van der Waals surface area contributed by atoms with E-state index < -0.39 is 23.0 Å². The molecule has 0 saturated carbocycles. The van der Waals surface area contributed by atoms with Gasteiger partial charge in [-0.1, -0.05) is 0 Å². The van der Waals surface area contributed by atoms with Gasteiger partial charge < -0.3 is 10.2 Å². The van der Waals surface area contributed by atoms with Crippen molar-refractivity contribution < 1.29 is 15.0 Å². The molecule has 1 aromatic carbocycles. The van der Waals surface area contributed by atoms with Gasteiger partial charge in [-0.3, -0.25) is 9.36 Å². The van der Waals surface area contributed by atoms with E-state index in [0.29, 0.717) is 11.1 Å². The normalized spacial score (nSPS) is 10.0. The molecule has 1 heterocycles. The number of aromatic carboxylic acids is 1. The van der Waals surface area contributed by atoms with Crippen molar-refractivity contribution in [1.82, 2.24) is 9.55 Å². The number of rotatable bonds is 2. The average molecular weight is 271 g/mol. The fourth-order valence-electron chi connectivity index (χ4n) is 1.69. The van der Waals surface area contributed by atoms with Gasteiger partial charge in [0.25, 0.3) is 5.56 Å². The molecule has 0 bridgehead atoms. The monoisotopic (exact) mass is 271 g/mol. The maximum atomic E-state index is 11.8. The number of benzene rings is 1. The predicted molar refractivity (Wildman–Crippen MR) is 68.3 cm³/mol. The predicted octanol–water partition coefficient (Wildman–Crippen LogP) is 0.723. The molecule has 2 N–H and O–H groups in total. The topological polar surface area (TPSA) is 116 Å². The second-order valence-corrected chi connectivity index (χ2v) is 3.99. The van der Waals surface area contributed by atoms with Crippen LogP contribution in [0.25, 0.3) is 11.4 Å². The maximum absolute atomic E-state index is 11.8. The van der Waals surface area contributed by atoms with Crippen molar-refractivity contribution in [2.45, 2.75) is 0 Å². The van der Waals surface area contributed by atoms with Crippen LogP contribution in [0.2, 0.25) is 0 Å². The van der Waals surface area contributed by atoms with Crippen molar-refractivity contribution in [1.29, 1.82) is 5.26 Å². The molecule has 0 atom stereocenters. The lowest BCUT2D eigenvalue weighted by atomic mass is 10.1. The molecule has 2 rings (SSSR count). The molecule has 0 radical (unpaired) electrons. The number of carboxylic acids is 1. The fraction of sp³-hybridized carbons (Fsp3) is 0.0769. The summed E-state index contributed by atoms with van der Waals surface area (Å²) in [6.07, 6.45) is 0. The van der Waals surface area contributed by atoms with Crippen LogP contribution >= 0.6 is 0 Å². The van der Waals surface area contributed by atoms with E-state index >= 15 is 0 Å². The number of aromatic hydroxyl groups is 1. The van der Waals surface area contributed by atoms with Gasteiger partial charge in [-0.05, 0) is 24.3 Å². The lowest BCUT2D eigenvalue weighted by molar-refractivity contribution is 0.0686. The second-order valence-electron chi connectivity index (χ2n) is 3.99. The van der Waals surface area contributed by atoms with Crippen LogP contribution in [0.15, 0.2) is 29.1 Å². The maximum Gasteiger partial charge on any atom is 0.358 e. The van der Waals surface area contributed by atoms with Crippen LogP contribution in [-0.4, -0.2) is 25.7 Å². The number of hydrogen-bond donors (Lipinski definition) is 2. The number of carboxylic acid groups (broad SMARTS) is 1. The summed E-state index contributed by atoms with van der Waals surface area (Å²) in [7, 11) is 1.37. The Labute approximate surface area is 113 Å². The van der Waals surface area contributed by atoms with Crippen LogP contribution in [-0.2, 0) is 7.05 Å². The van der Waals surface area contributed by atoms with Crippen molar-refractivity contribution in [2.75, 3.05) is 0 Å². The lowest BCUT2D eigenvalue weighted by Crippen LogP contribution is -2.23. The van der Waals surface area contributed by atoms with E-state index in [1.54, 1.807) is 12.1 Å². The van der Waals surface area contributed by atoms with Crippen LogP contribution in [0, 0.1) is 11.3 Å². The summed E-state index contributed by atoms with van der Waals surface area (Å²) in [5, 5.41) is 27.1. The third-order valence-corrected chi connectivity index (χ3v) is 2.74. The van der Waals surface area contributed by atoms with Gasteiger partial charge in [0.05, 0.1) is 11.6 Å². The number of nitrogens with zero attached hydrogens (tertiary/aromatic N) is 3. The summed E-state index contributed by atoms with van der Waals surface area (Å²) < 4.78 is 1.04. The molecule has 0 fully saturated rings. The Morgan fingerprint density at radius 3 is 2.45 bits per heavy atom. The van der Waals surface area contributed by atoms with Gasteiger partial charge in [0.15, 0.2) is 5.69 Å². The van der Waals surface area contributed by atoms with Crippen molar-refractivity contribution >= 4 is 5.97 Å². The van der Waals surface area contributed by atoms with Crippen LogP contribution in [0.5, 0.6) is 5.75 Å². The van der Waals surface area contributed by atoms with Crippen molar-refractivity contribution in [3.8, 4) is 23.2 Å². The van der Waals surface area contributed by atoms with Crippen LogP contribution in [0.3, 0.4) is 0 Å². The molecular weight excluding hydrogens is 262 g/mol. The minimum absolute atomic E-state index is 0.0923. The summed E-state index contributed by atoms with van der Waals surface area (Å²) >= 11 is 0. The third-order valence-electron chi connectivity index (χ3n) is 2.74. The van der Waals surface area contributed by atoms with E-state index in [2.05, 4.69) is 4.98 Å². The molecule has 0 spiro atoms. The van der Waals surface area contributed by atoms with E-state index in [0.717, 1.165) is 4.57 Å². The Kier molecular flexibility index (Phi) is 3.23. The summed E-state index contributed by atoms with van der Waals surface area (Å²) in [5.74, 6) is -2.30. The van der Waals surface area contributed by atoms with Crippen molar-refractivity contribution in [3.05, 3.63) is 45.9 Å². The zero-order chi connectivity index (χ0) is 14.9. The number of carbonyl (C=O) groups is 1. The molecule has 2 aromatic rings. The highest BCUT2D eigenvalue weighted by atomic mass is 16.4. The highest BCUT2D eigenvalue weighted by Gasteiger charge is 2.19. The van der Waals surface area contributed by atoms with Gasteiger partial charge in [-0.25, -0.2) is 9.78 Å². The summed E-state index contributed by atoms with van der Waals surface area (Å²) in [4.78, 5) is 26.5. The van der Waals surface area contributed by atoms with E-state index in [9.17, 15) is 14.7 Å². The van der Waals surface area contributed by atoms with E-state index in [-0.39, 0.29) is 5.82 Å². The van der Waals surface area contributed by atoms with Crippen LogP contribution in [0.1, 0.15) is 16.1 Å². The largest absolute Gasteiger partial charge is 0.501 e. The van der Waals surface area contributed by atoms with E-state index in [1.807, 2.05) is 6.07 Å². The molecule has 0 aliphatic rings. The zero-order valence-corrected chi connectivity index (χ0v) is 10.4. The molecule has 20 heavy (non-hydrogen) atoms. The molecule has 7 nitrogen and oxygen atoms in total. The van der Waals surface area contributed by atoms with Gasteiger partial charge >= 0.3 is 5.97 Å². The second kappa shape index (κ2) is 4.85. The molecule has 0 saturated heterocycles. The van der Waals surface area contributed by atoms with E-state index in [4.69, 9.17) is 10.4 Å². The Hall–Kier alpha value is -3.14. The zero-order valence-electron chi connectivity index (χ0n) is 10.4. The highest BCUT2D eigenvalue weighted by molar-refractivity contribution is 5.88. The first-order chi connectivity index (χ1) is 9.45. The first-order valence-electron chi connectivity index (χ1n) is 5.49. The Morgan fingerprint density at radius 2 is 1.95 bits per heavy atom. The number of hydrogen-bond acceptors (Lipinski definition) is 5. The minimum Gasteiger partial charge on any atom is -0.501 e. The molecule has 0 aliphatic carbocycles. The smallest absolute Gasteiger partial charge is 0.358 e. The Bertz CT molecular complexity index is 785. The first kappa shape index (κ1) is 13.3. The summed E-state index contributed by atoms with van der Waals surface area (Å²) in [5.41, 5.74) is -0.661. The van der Waals surface area contributed by atoms with Crippen molar-refractivity contribution in [3.63, 3.8) is 0 Å². The Morgan fingerprint density at radius 1 is 1.35 bits per heavy atom. The molecule has 100 valence electrons. The van der Waals surface area contributed by atoms with Crippen molar-refractivity contribution in [2.24, 2.45) is 7.05 Å². The molecular formula is C13H9N3O4. The fourth-order valence-corrected chi connectivity index (χ4v) is 1.69. The van der Waals surface area contributed by atoms with E-state index in [1.165, 1.54) is 19.2 Å². The number of aromatic nitrogens is 2. The molecule has 0 unspecified atom stereocenters. The third kappa shape index (κ3) is 2.10. The van der Waals surface area contributed by atoms with Crippen LogP contribution < -0.4 is 5.56 Å². The molecule has 1 aromatic heterocycles. The highest BCUT2D eigenvalue weighted by Crippen LogP contribution is 2.19. The van der Waals surface area contributed by atoms with Gasteiger partial charge in [0.1, 0.15) is 5.82 Å². The minimum atomic E-state index is -1.49. The molecule has 7 heteroatoms. The average Bonchev–Trinajstić information content (AvgIpc) is 2.45. The van der Waals surface area contributed by atoms with Gasteiger partial charge in [0.2, 0.25) is 5.75 Å². The quantitative estimate of drug-likeness (QED) is 0.831. The number of nitriles is 1. The van der Waals surface area contributed by atoms with Gasteiger partial charge in [-0.2, -0.15) is 5.26 Å².